The van der Waals surface area contributed by atoms with Crippen molar-refractivity contribution in [3.8, 4) is 11.5 Å². The van der Waals surface area contributed by atoms with Crippen LogP contribution in [0.15, 0.2) is 42.5 Å². The van der Waals surface area contributed by atoms with Crippen molar-refractivity contribution in [3.05, 3.63) is 53.6 Å². The van der Waals surface area contributed by atoms with Crippen LogP contribution in [-0.2, 0) is 11.2 Å². The third kappa shape index (κ3) is 5.25. The Hall–Kier alpha value is -3.02. The summed E-state index contributed by atoms with van der Waals surface area (Å²) in [5.41, 5.74) is 2.30. The van der Waals surface area contributed by atoms with E-state index in [1.54, 1.807) is 18.2 Å². The largest absolute Gasteiger partial charge is 0.491 e. The van der Waals surface area contributed by atoms with E-state index in [1.807, 2.05) is 32.9 Å². The van der Waals surface area contributed by atoms with Crippen LogP contribution >= 0.6 is 0 Å². The van der Waals surface area contributed by atoms with Gasteiger partial charge in [0, 0.05) is 11.6 Å². The number of benzene rings is 2. The van der Waals surface area contributed by atoms with Gasteiger partial charge in [0.05, 0.1) is 11.8 Å². The van der Waals surface area contributed by atoms with Crippen LogP contribution in [0, 0.1) is 0 Å². The summed E-state index contributed by atoms with van der Waals surface area (Å²) < 4.78 is 11.0. The molecule has 0 aromatic heterocycles. The summed E-state index contributed by atoms with van der Waals surface area (Å²) in [5, 5.41) is 5.73. The number of ether oxygens (including phenoxy) is 2. The number of fused-ring (bicyclic) bond motifs is 1. The van der Waals surface area contributed by atoms with Crippen molar-refractivity contribution in [2.45, 2.75) is 45.8 Å². The number of carbonyl (C=O) groups excluding carboxylic acids is 2. The van der Waals surface area contributed by atoms with Crippen LogP contribution in [0.4, 0.5) is 5.69 Å². The highest BCUT2D eigenvalue weighted by molar-refractivity contribution is 5.99. The second-order valence-electron chi connectivity index (χ2n) is 7.27. The third-order valence-electron chi connectivity index (χ3n) is 4.42. The molecule has 2 N–H and O–H groups in total. The van der Waals surface area contributed by atoms with E-state index in [2.05, 4.69) is 22.8 Å². The van der Waals surface area contributed by atoms with Gasteiger partial charge in [-0.25, -0.2) is 0 Å². The van der Waals surface area contributed by atoms with E-state index < -0.39 is 0 Å². The zero-order valence-electron chi connectivity index (χ0n) is 16.5. The monoisotopic (exact) mass is 382 g/mol. The lowest BCUT2D eigenvalue weighted by atomic mass is 10.1. The maximum Gasteiger partial charge on any atom is 0.262 e. The Balaban J connectivity index is 1.51. The van der Waals surface area contributed by atoms with Crippen molar-refractivity contribution in [3.63, 3.8) is 0 Å². The van der Waals surface area contributed by atoms with Gasteiger partial charge in [-0.05, 0) is 69.5 Å². The van der Waals surface area contributed by atoms with E-state index in [9.17, 15) is 9.59 Å². The molecule has 1 atom stereocenters. The van der Waals surface area contributed by atoms with Gasteiger partial charge >= 0.3 is 0 Å². The molecule has 28 heavy (non-hydrogen) atoms. The van der Waals surface area contributed by atoms with Gasteiger partial charge in [0.1, 0.15) is 11.5 Å². The first-order valence-electron chi connectivity index (χ1n) is 9.54. The normalized spacial score (nSPS) is 13.9. The van der Waals surface area contributed by atoms with Crippen LogP contribution in [0.2, 0.25) is 0 Å². The van der Waals surface area contributed by atoms with Crippen LogP contribution in [-0.4, -0.2) is 30.6 Å². The fourth-order valence-electron chi connectivity index (χ4n) is 2.99. The van der Waals surface area contributed by atoms with E-state index >= 15 is 0 Å². The summed E-state index contributed by atoms with van der Waals surface area (Å²) in [4.78, 5) is 23.8. The minimum atomic E-state index is -0.192. The molecule has 6 nitrogen and oxygen atoms in total. The maximum absolute atomic E-state index is 12.5. The van der Waals surface area contributed by atoms with Gasteiger partial charge in [-0.1, -0.05) is 12.1 Å². The molecule has 1 heterocycles. The maximum atomic E-state index is 12.5. The van der Waals surface area contributed by atoms with Crippen molar-refractivity contribution in [1.29, 1.82) is 0 Å². The summed E-state index contributed by atoms with van der Waals surface area (Å²) in [6.45, 7) is 5.96. The van der Waals surface area contributed by atoms with E-state index in [0.717, 1.165) is 18.6 Å². The van der Waals surface area contributed by atoms with Crippen LogP contribution in [0.5, 0.6) is 11.5 Å². The highest BCUT2D eigenvalue weighted by atomic mass is 16.5. The number of aryl methyl sites for hydroxylation is 1. The zero-order valence-corrected chi connectivity index (χ0v) is 16.5. The Morgan fingerprint density at radius 1 is 1.18 bits per heavy atom. The van der Waals surface area contributed by atoms with Crippen molar-refractivity contribution in [1.82, 2.24) is 5.32 Å². The molecular formula is C22H26N2O4. The molecule has 2 amide bonds. The Kier molecular flexibility index (Phi) is 6.19. The number of anilines is 1. The Morgan fingerprint density at radius 2 is 1.93 bits per heavy atom. The molecule has 0 saturated carbocycles. The quantitative estimate of drug-likeness (QED) is 0.768. The molecule has 0 spiro atoms. The Labute approximate surface area is 165 Å². The molecule has 148 valence electrons. The van der Waals surface area contributed by atoms with Crippen molar-refractivity contribution in [2.75, 3.05) is 11.9 Å². The number of carbonyl (C=O) groups is 2. The van der Waals surface area contributed by atoms with E-state index in [0.29, 0.717) is 17.0 Å². The first kappa shape index (κ1) is 19.7. The number of amides is 2. The van der Waals surface area contributed by atoms with Gasteiger partial charge in [-0.15, -0.1) is 0 Å². The lowest BCUT2D eigenvalue weighted by Gasteiger charge is -2.19. The first-order valence-corrected chi connectivity index (χ1v) is 9.54. The SMILES string of the molecule is CC(CCc1ccc(OC(C)C)cc1)NC(=O)c1ccc2c(c1)OCC(=O)N2. The fourth-order valence-corrected chi connectivity index (χ4v) is 2.99. The van der Waals surface area contributed by atoms with Gasteiger partial charge < -0.3 is 20.1 Å². The lowest BCUT2D eigenvalue weighted by molar-refractivity contribution is -0.118. The number of hydrogen-bond acceptors (Lipinski definition) is 4. The highest BCUT2D eigenvalue weighted by Crippen LogP contribution is 2.28. The number of rotatable bonds is 7. The van der Waals surface area contributed by atoms with Gasteiger partial charge in [-0.3, -0.25) is 9.59 Å². The molecule has 1 aliphatic heterocycles. The molecule has 0 radical (unpaired) electrons. The Bertz CT molecular complexity index is 846. The fraction of sp³-hybridized carbons (Fsp3) is 0.364. The lowest BCUT2D eigenvalue weighted by Crippen LogP contribution is -2.33. The predicted octanol–water partition coefficient (Wildman–Crippen LogP) is 3.56. The average molecular weight is 382 g/mol. The zero-order chi connectivity index (χ0) is 20.1. The summed E-state index contributed by atoms with van der Waals surface area (Å²) in [5.74, 6) is 1.04. The molecule has 2 aromatic carbocycles. The summed E-state index contributed by atoms with van der Waals surface area (Å²) in [6.07, 6.45) is 1.85. The first-order chi connectivity index (χ1) is 13.4. The minimum absolute atomic E-state index is 0.0238. The number of hydrogen-bond donors (Lipinski definition) is 2. The predicted molar refractivity (Wildman–Crippen MR) is 108 cm³/mol. The van der Waals surface area contributed by atoms with Crippen molar-refractivity contribution in [2.24, 2.45) is 0 Å². The molecule has 1 aliphatic rings. The summed E-state index contributed by atoms with van der Waals surface area (Å²) in [6, 6.07) is 13.1. The number of nitrogens with one attached hydrogen (secondary N) is 2. The van der Waals surface area contributed by atoms with Crippen LogP contribution in [0.25, 0.3) is 0 Å². The van der Waals surface area contributed by atoms with Crippen molar-refractivity contribution >= 4 is 17.5 Å². The topological polar surface area (TPSA) is 76.7 Å². The van der Waals surface area contributed by atoms with Gasteiger partial charge in [-0.2, -0.15) is 0 Å². The van der Waals surface area contributed by atoms with Crippen molar-refractivity contribution < 1.29 is 19.1 Å². The average Bonchev–Trinajstić information content (AvgIpc) is 2.66. The molecule has 0 saturated heterocycles. The second-order valence-corrected chi connectivity index (χ2v) is 7.27. The van der Waals surface area contributed by atoms with E-state index in [4.69, 9.17) is 9.47 Å². The molecule has 0 bridgehead atoms. The Morgan fingerprint density at radius 3 is 2.64 bits per heavy atom. The van der Waals surface area contributed by atoms with E-state index in [-0.39, 0.29) is 30.6 Å². The van der Waals surface area contributed by atoms with Crippen LogP contribution < -0.4 is 20.1 Å². The van der Waals surface area contributed by atoms with Gasteiger partial charge in [0.2, 0.25) is 0 Å². The summed E-state index contributed by atoms with van der Waals surface area (Å²) in [7, 11) is 0. The standard InChI is InChI=1S/C22H26N2O4/c1-14(2)28-18-9-6-16(7-10-18)5-4-15(3)23-22(26)17-8-11-19-20(12-17)27-13-21(25)24-19/h6-12,14-15H,4-5,13H2,1-3H3,(H,23,26)(H,24,25). The minimum Gasteiger partial charge on any atom is -0.491 e. The van der Waals surface area contributed by atoms with E-state index in [1.165, 1.54) is 5.56 Å². The molecule has 6 heteroatoms. The molecule has 3 rings (SSSR count). The van der Waals surface area contributed by atoms with Crippen LogP contribution in [0.1, 0.15) is 43.1 Å². The summed E-state index contributed by atoms with van der Waals surface area (Å²) >= 11 is 0. The van der Waals surface area contributed by atoms with Crippen LogP contribution in [0.3, 0.4) is 0 Å². The molecule has 1 unspecified atom stereocenters. The highest BCUT2D eigenvalue weighted by Gasteiger charge is 2.18. The molecule has 0 aliphatic carbocycles. The smallest absolute Gasteiger partial charge is 0.262 e. The third-order valence-corrected chi connectivity index (χ3v) is 4.42. The molecular weight excluding hydrogens is 356 g/mol. The molecule has 0 fully saturated rings. The molecule has 2 aromatic rings. The van der Waals surface area contributed by atoms with Gasteiger partial charge in [0.15, 0.2) is 6.61 Å². The van der Waals surface area contributed by atoms with Gasteiger partial charge in [0.25, 0.3) is 11.8 Å². The second kappa shape index (κ2) is 8.78.